The Balaban J connectivity index is 1.90. The van der Waals surface area contributed by atoms with Crippen LogP contribution >= 0.6 is 0 Å². The molecule has 6 nitrogen and oxygen atoms in total. The van der Waals surface area contributed by atoms with Gasteiger partial charge in [0.05, 0.1) is 10.6 Å². The van der Waals surface area contributed by atoms with Crippen LogP contribution in [0.2, 0.25) is 0 Å². The fraction of sp³-hybridized carbons (Fsp3) is 0.312. The molecule has 0 spiro atoms. The Morgan fingerprint density at radius 2 is 1.87 bits per heavy atom. The number of aryl methyl sites for hydroxylation is 1. The standard InChI is InChI=1S/C16H17N3O3S/c1-10-9-17-16(19-15(20)12-3-4-12)18-14(10)11-5-7-13(8-6-11)23(2,21)22/h5-9,12H,3-4H2,1-2H3,(H,17,18,19,20). The molecular formula is C16H17N3O3S. The molecule has 0 unspecified atom stereocenters. The van der Waals surface area contributed by atoms with Crippen molar-refractivity contribution >= 4 is 21.7 Å². The average molecular weight is 331 g/mol. The summed E-state index contributed by atoms with van der Waals surface area (Å²) in [5, 5.41) is 2.72. The van der Waals surface area contributed by atoms with Crippen LogP contribution in [0.25, 0.3) is 11.3 Å². The number of anilines is 1. The van der Waals surface area contributed by atoms with Gasteiger partial charge in [0, 0.05) is 23.9 Å². The first-order valence-corrected chi connectivity index (χ1v) is 9.19. The SMILES string of the molecule is Cc1cnc(NC(=O)C2CC2)nc1-c1ccc(S(C)(=O)=O)cc1. The lowest BCUT2D eigenvalue weighted by Gasteiger charge is -2.09. The van der Waals surface area contributed by atoms with Crippen LogP contribution in [0.4, 0.5) is 5.95 Å². The largest absolute Gasteiger partial charge is 0.294 e. The number of sulfone groups is 1. The third-order valence-electron chi connectivity index (χ3n) is 3.71. The first-order chi connectivity index (χ1) is 10.8. The Kier molecular flexibility index (Phi) is 3.89. The first-order valence-electron chi connectivity index (χ1n) is 7.29. The van der Waals surface area contributed by atoms with Gasteiger partial charge in [0.25, 0.3) is 0 Å². The van der Waals surface area contributed by atoms with Gasteiger partial charge in [0.15, 0.2) is 9.84 Å². The van der Waals surface area contributed by atoms with Crippen LogP contribution in [0.15, 0.2) is 35.4 Å². The molecule has 1 fully saturated rings. The number of amides is 1. The van der Waals surface area contributed by atoms with Gasteiger partial charge in [0.1, 0.15) is 0 Å². The quantitative estimate of drug-likeness (QED) is 0.928. The highest BCUT2D eigenvalue weighted by Crippen LogP contribution is 2.30. The van der Waals surface area contributed by atoms with Gasteiger partial charge in [-0.3, -0.25) is 10.1 Å². The molecule has 1 heterocycles. The Hall–Kier alpha value is -2.28. The number of rotatable bonds is 4. The molecule has 120 valence electrons. The number of nitrogens with zero attached hydrogens (tertiary/aromatic N) is 2. The zero-order chi connectivity index (χ0) is 16.6. The smallest absolute Gasteiger partial charge is 0.229 e. The van der Waals surface area contributed by atoms with Gasteiger partial charge in [-0.2, -0.15) is 0 Å². The van der Waals surface area contributed by atoms with E-state index in [-0.39, 0.29) is 22.7 Å². The normalized spacial score (nSPS) is 14.5. The van der Waals surface area contributed by atoms with E-state index >= 15 is 0 Å². The first kappa shape index (κ1) is 15.6. The number of hydrogen-bond donors (Lipinski definition) is 1. The van der Waals surface area contributed by atoms with Gasteiger partial charge in [0.2, 0.25) is 11.9 Å². The molecule has 23 heavy (non-hydrogen) atoms. The van der Waals surface area contributed by atoms with Crippen molar-refractivity contribution in [3.63, 3.8) is 0 Å². The van der Waals surface area contributed by atoms with Crippen molar-refractivity contribution in [2.45, 2.75) is 24.7 Å². The maximum atomic E-state index is 11.8. The zero-order valence-corrected chi connectivity index (χ0v) is 13.7. The summed E-state index contributed by atoms with van der Waals surface area (Å²) in [6, 6.07) is 6.51. The molecule has 1 aromatic heterocycles. The van der Waals surface area contributed by atoms with E-state index in [0.29, 0.717) is 5.69 Å². The second-order valence-corrected chi connectivity index (χ2v) is 7.80. The number of benzene rings is 1. The molecule has 0 aliphatic heterocycles. The molecule has 1 saturated carbocycles. The van der Waals surface area contributed by atoms with Crippen molar-refractivity contribution in [1.82, 2.24) is 9.97 Å². The molecule has 1 amide bonds. The topological polar surface area (TPSA) is 89.0 Å². The number of nitrogens with one attached hydrogen (secondary N) is 1. The molecule has 1 aromatic carbocycles. The lowest BCUT2D eigenvalue weighted by molar-refractivity contribution is -0.117. The third kappa shape index (κ3) is 3.56. The second kappa shape index (κ2) is 5.73. The van der Waals surface area contributed by atoms with Crippen molar-refractivity contribution in [3.8, 4) is 11.3 Å². The van der Waals surface area contributed by atoms with Crippen molar-refractivity contribution in [2.75, 3.05) is 11.6 Å². The van der Waals surface area contributed by atoms with Gasteiger partial charge in [-0.05, 0) is 37.5 Å². The minimum Gasteiger partial charge on any atom is -0.294 e. The Labute approximate surface area is 134 Å². The lowest BCUT2D eigenvalue weighted by Crippen LogP contribution is -2.15. The van der Waals surface area contributed by atoms with E-state index in [2.05, 4.69) is 15.3 Å². The van der Waals surface area contributed by atoms with Gasteiger partial charge in [-0.25, -0.2) is 18.4 Å². The van der Waals surface area contributed by atoms with E-state index in [1.54, 1.807) is 30.5 Å². The maximum absolute atomic E-state index is 11.8. The van der Waals surface area contributed by atoms with E-state index in [1.165, 1.54) is 6.26 Å². The number of aromatic nitrogens is 2. The predicted octanol–water partition coefficient (Wildman–Crippen LogP) is 2.20. The van der Waals surface area contributed by atoms with E-state index in [9.17, 15) is 13.2 Å². The molecule has 7 heteroatoms. The molecule has 0 saturated heterocycles. The minimum atomic E-state index is -3.23. The summed E-state index contributed by atoms with van der Waals surface area (Å²) in [5.74, 6) is 0.305. The van der Waals surface area contributed by atoms with Crippen molar-refractivity contribution in [2.24, 2.45) is 5.92 Å². The van der Waals surface area contributed by atoms with Crippen LogP contribution in [0.1, 0.15) is 18.4 Å². The fourth-order valence-corrected chi connectivity index (χ4v) is 2.84. The van der Waals surface area contributed by atoms with Crippen LogP contribution < -0.4 is 5.32 Å². The number of carbonyl (C=O) groups excluding carboxylic acids is 1. The van der Waals surface area contributed by atoms with Crippen LogP contribution in [0.5, 0.6) is 0 Å². The molecule has 3 rings (SSSR count). The van der Waals surface area contributed by atoms with Crippen molar-refractivity contribution < 1.29 is 13.2 Å². The maximum Gasteiger partial charge on any atom is 0.229 e. The van der Waals surface area contributed by atoms with Crippen LogP contribution in [0.3, 0.4) is 0 Å². The molecule has 1 aliphatic carbocycles. The van der Waals surface area contributed by atoms with Crippen LogP contribution in [0, 0.1) is 12.8 Å². The summed E-state index contributed by atoms with van der Waals surface area (Å²) in [4.78, 5) is 20.6. The highest BCUT2D eigenvalue weighted by Gasteiger charge is 2.30. The molecule has 0 atom stereocenters. The van der Waals surface area contributed by atoms with Gasteiger partial charge >= 0.3 is 0 Å². The summed E-state index contributed by atoms with van der Waals surface area (Å²) in [5.41, 5.74) is 2.30. The van der Waals surface area contributed by atoms with E-state index in [4.69, 9.17) is 0 Å². The predicted molar refractivity (Wildman–Crippen MR) is 86.7 cm³/mol. The van der Waals surface area contributed by atoms with Gasteiger partial charge < -0.3 is 0 Å². The summed E-state index contributed by atoms with van der Waals surface area (Å²) in [6.07, 6.45) is 4.65. The Morgan fingerprint density at radius 1 is 1.22 bits per heavy atom. The van der Waals surface area contributed by atoms with Crippen molar-refractivity contribution in [3.05, 3.63) is 36.0 Å². The second-order valence-electron chi connectivity index (χ2n) is 5.79. The highest BCUT2D eigenvalue weighted by atomic mass is 32.2. The van der Waals surface area contributed by atoms with Crippen LogP contribution in [-0.2, 0) is 14.6 Å². The summed E-state index contributed by atoms with van der Waals surface area (Å²) in [7, 11) is -3.23. The van der Waals surface area contributed by atoms with E-state index in [0.717, 1.165) is 24.0 Å². The number of carbonyl (C=O) groups is 1. The van der Waals surface area contributed by atoms with Gasteiger partial charge in [-0.15, -0.1) is 0 Å². The summed E-state index contributed by atoms with van der Waals surface area (Å²) in [6.45, 7) is 1.87. The van der Waals surface area contributed by atoms with Gasteiger partial charge in [-0.1, -0.05) is 12.1 Å². The molecule has 1 aliphatic rings. The minimum absolute atomic E-state index is 0.0489. The fourth-order valence-electron chi connectivity index (χ4n) is 2.21. The monoisotopic (exact) mass is 331 g/mol. The van der Waals surface area contributed by atoms with Crippen molar-refractivity contribution in [1.29, 1.82) is 0 Å². The Bertz CT molecular complexity index is 857. The van der Waals surface area contributed by atoms with E-state index < -0.39 is 9.84 Å². The lowest BCUT2D eigenvalue weighted by atomic mass is 10.1. The van der Waals surface area contributed by atoms with E-state index in [1.807, 2.05) is 6.92 Å². The summed E-state index contributed by atoms with van der Waals surface area (Å²) >= 11 is 0. The number of hydrogen-bond acceptors (Lipinski definition) is 5. The Morgan fingerprint density at radius 3 is 2.43 bits per heavy atom. The summed E-state index contributed by atoms with van der Waals surface area (Å²) < 4.78 is 23.0. The molecule has 1 N–H and O–H groups in total. The van der Waals surface area contributed by atoms with Crippen LogP contribution in [-0.4, -0.2) is 30.5 Å². The molecule has 0 bridgehead atoms. The zero-order valence-electron chi connectivity index (χ0n) is 12.9. The molecule has 0 radical (unpaired) electrons. The third-order valence-corrected chi connectivity index (χ3v) is 4.84. The molecule has 2 aromatic rings. The highest BCUT2D eigenvalue weighted by molar-refractivity contribution is 7.90. The molecular weight excluding hydrogens is 314 g/mol. The average Bonchev–Trinajstić information content (AvgIpc) is 3.33.